The highest BCUT2D eigenvalue weighted by molar-refractivity contribution is 5.37. The van der Waals surface area contributed by atoms with E-state index in [1.807, 2.05) is 0 Å². The van der Waals surface area contributed by atoms with Crippen LogP contribution >= 0.6 is 0 Å². The number of alkyl halides is 8. The van der Waals surface area contributed by atoms with E-state index in [-0.39, 0.29) is 12.5 Å². The molecular formula is C16H18F8. The van der Waals surface area contributed by atoms with Crippen LogP contribution in [0.4, 0.5) is 35.1 Å². The molecule has 0 aliphatic rings. The fourth-order valence-electron chi connectivity index (χ4n) is 2.26. The van der Waals surface area contributed by atoms with E-state index >= 15 is 0 Å². The van der Waals surface area contributed by atoms with Crippen molar-refractivity contribution in [1.82, 2.24) is 0 Å². The summed E-state index contributed by atoms with van der Waals surface area (Å²) in [5.74, 6) is -5.98. The summed E-state index contributed by atoms with van der Waals surface area (Å²) in [7, 11) is 0. The molecule has 0 aliphatic heterocycles. The molecule has 1 atom stereocenters. The summed E-state index contributed by atoms with van der Waals surface area (Å²) in [5, 5.41) is 0. The predicted molar refractivity (Wildman–Crippen MR) is 74.2 cm³/mol. The molecule has 1 rings (SSSR count). The zero-order valence-corrected chi connectivity index (χ0v) is 13.5. The molecule has 0 radical (unpaired) electrons. The average molecular weight is 362 g/mol. The molecule has 0 aromatic heterocycles. The lowest BCUT2D eigenvalue weighted by atomic mass is 9.73. The van der Waals surface area contributed by atoms with Crippen LogP contribution in [-0.2, 0) is 10.8 Å². The van der Waals surface area contributed by atoms with Gasteiger partial charge in [0.25, 0.3) is 0 Å². The van der Waals surface area contributed by atoms with Gasteiger partial charge in [-0.3, -0.25) is 0 Å². The van der Waals surface area contributed by atoms with Crippen molar-refractivity contribution in [2.75, 3.05) is 0 Å². The van der Waals surface area contributed by atoms with Crippen molar-refractivity contribution in [3.05, 3.63) is 35.4 Å². The molecule has 1 unspecified atom stereocenters. The maximum atomic E-state index is 13.8. The van der Waals surface area contributed by atoms with Gasteiger partial charge in [0.1, 0.15) is 0 Å². The molecule has 0 aliphatic carbocycles. The topological polar surface area (TPSA) is 0 Å². The van der Waals surface area contributed by atoms with Gasteiger partial charge in [-0.25, -0.2) is 0 Å². The Morgan fingerprint density at radius 3 is 1.58 bits per heavy atom. The highest BCUT2D eigenvalue weighted by Gasteiger charge is 2.77. The molecule has 1 aromatic rings. The van der Waals surface area contributed by atoms with Crippen molar-refractivity contribution >= 4 is 0 Å². The summed E-state index contributed by atoms with van der Waals surface area (Å²) in [6, 6.07) is 3.92. The second kappa shape index (κ2) is 5.88. The van der Waals surface area contributed by atoms with Crippen molar-refractivity contribution in [1.29, 1.82) is 0 Å². The summed E-state index contributed by atoms with van der Waals surface area (Å²) in [6.07, 6.45) is -11.7. The first kappa shape index (κ1) is 20.7. The summed E-state index contributed by atoms with van der Waals surface area (Å²) in [5.41, 5.74) is -5.92. The Kier molecular flexibility index (Phi) is 5.07. The Morgan fingerprint density at radius 1 is 0.750 bits per heavy atom. The van der Waals surface area contributed by atoms with Crippen molar-refractivity contribution in [2.24, 2.45) is 0 Å². The van der Waals surface area contributed by atoms with E-state index in [0.717, 1.165) is 12.1 Å². The highest BCUT2D eigenvalue weighted by atomic mass is 19.4. The largest absolute Gasteiger partial charge is 0.454 e. The van der Waals surface area contributed by atoms with E-state index in [9.17, 15) is 35.1 Å². The summed E-state index contributed by atoms with van der Waals surface area (Å²) in [6.45, 7) is 4.95. The molecular weight excluding hydrogens is 344 g/mol. The van der Waals surface area contributed by atoms with Crippen LogP contribution in [0.1, 0.15) is 45.2 Å². The van der Waals surface area contributed by atoms with Crippen molar-refractivity contribution in [2.45, 2.75) is 63.2 Å². The van der Waals surface area contributed by atoms with Crippen LogP contribution in [0.2, 0.25) is 0 Å². The zero-order valence-electron chi connectivity index (χ0n) is 13.5. The first-order valence-corrected chi connectivity index (χ1v) is 7.14. The van der Waals surface area contributed by atoms with Gasteiger partial charge in [-0.05, 0) is 29.9 Å². The van der Waals surface area contributed by atoms with Crippen LogP contribution in [0.15, 0.2) is 24.3 Å². The maximum absolute atomic E-state index is 13.8. The lowest BCUT2D eigenvalue weighted by Crippen LogP contribution is -2.60. The van der Waals surface area contributed by atoms with Crippen LogP contribution in [-0.4, -0.2) is 18.3 Å². The van der Waals surface area contributed by atoms with Gasteiger partial charge in [-0.2, -0.15) is 35.1 Å². The van der Waals surface area contributed by atoms with Gasteiger partial charge in [0.15, 0.2) is 5.41 Å². The van der Waals surface area contributed by atoms with E-state index in [1.165, 1.54) is 6.07 Å². The molecule has 0 bridgehead atoms. The zero-order chi connectivity index (χ0) is 19.2. The highest BCUT2D eigenvalue weighted by Crippen LogP contribution is 2.57. The van der Waals surface area contributed by atoms with E-state index in [0.29, 0.717) is 12.5 Å². The summed E-state index contributed by atoms with van der Waals surface area (Å²) >= 11 is 0. The monoisotopic (exact) mass is 362 g/mol. The molecule has 0 saturated carbocycles. The van der Waals surface area contributed by atoms with Gasteiger partial charge in [-0.1, -0.05) is 45.0 Å². The van der Waals surface area contributed by atoms with Crippen molar-refractivity contribution in [3.63, 3.8) is 0 Å². The van der Waals surface area contributed by atoms with E-state index in [1.54, 1.807) is 20.8 Å². The number of halogens is 8. The number of hydrogen-bond donors (Lipinski definition) is 0. The minimum absolute atomic E-state index is 0.113. The van der Waals surface area contributed by atoms with Crippen molar-refractivity contribution in [3.8, 4) is 0 Å². The first-order valence-electron chi connectivity index (χ1n) is 7.14. The smallest absolute Gasteiger partial charge is 0.195 e. The molecule has 0 nitrogen and oxygen atoms in total. The van der Waals surface area contributed by atoms with E-state index in [2.05, 4.69) is 0 Å². The van der Waals surface area contributed by atoms with Crippen LogP contribution in [0.25, 0.3) is 0 Å². The molecule has 0 fully saturated rings. The number of hydrogen-bond acceptors (Lipinski definition) is 0. The SMILES string of the molecule is CCC(C)(C)c1cccc(C(C)(C(F)(F)F)C(F)(F)C(F)(F)F)c1. The Hall–Kier alpha value is -1.34. The number of benzene rings is 1. The van der Waals surface area contributed by atoms with Gasteiger partial charge in [0, 0.05) is 0 Å². The van der Waals surface area contributed by atoms with Crippen LogP contribution in [0, 0.1) is 0 Å². The third-order valence-corrected chi connectivity index (χ3v) is 4.66. The fourth-order valence-corrected chi connectivity index (χ4v) is 2.26. The maximum Gasteiger partial charge on any atom is 0.454 e. The molecule has 138 valence electrons. The minimum atomic E-state index is -6.34. The Balaban J connectivity index is 3.70. The summed E-state index contributed by atoms with van der Waals surface area (Å²) in [4.78, 5) is 0. The lowest BCUT2D eigenvalue weighted by Gasteiger charge is -2.40. The third-order valence-electron chi connectivity index (χ3n) is 4.66. The van der Waals surface area contributed by atoms with Gasteiger partial charge in [0.05, 0.1) is 0 Å². The fraction of sp³-hybridized carbons (Fsp3) is 0.625. The van der Waals surface area contributed by atoms with Crippen LogP contribution in [0.5, 0.6) is 0 Å². The molecule has 0 N–H and O–H groups in total. The molecule has 0 heterocycles. The van der Waals surface area contributed by atoms with E-state index in [4.69, 9.17) is 0 Å². The minimum Gasteiger partial charge on any atom is -0.195 e. The molecule has 24 heavy (non-hydrogen) atoms. The Morgan fingerprint density at radius 2 is 1.21 bits per heavy atom. The molecule has 0 amide bonds. The second-order valence-corrected chi connectivity index (χ2v) is 6.51. The first-order chi connectivity index (χ1) is 10.5. The van der Waals surface area contributed by atoms with Gasteiger partial charge in [0.2, 0.25) is 0 Å². The van der Waals surface area contributed by atoms with Crippen molar-refractivity contribution < 1.29 is 35.1 Å². The average Bonchev–Trinajstić information content (AvgIpc) is 2.43. The molecule has 1 aromatic carbocycles. The molecule has 0 spiro atoms. The lowest BCUT2D eigenvalue weighted by molar-refractivity contribution is -0.354. The normalized spacial score (nSPS) is 16.8. The Bertz CT molecular complexity index is 582. The summed E-state index contributed by atoms with van der Waals surface area (Å²) < 4.78 is 106. The van der Waals surface area contributed by atoms with E-state index < -0.39 is 34.7 Å². The van der Waals surface area contributed by atoms with Crippen LogP contribution < -0.4 is 0 Å². The van der Waals surface area contributed by atoms with Gasteiger partial charge in [-0.15, -0.1) is 0 Å². The standard InChI is InChI=1S/C16H18F8/c1-5-12(2,3)10-7-6-8-11(9-10)13(4,15(19,20)21)14(17,18)16(22,23)24/h6-9H,5H2,1-4H3. The third kappa shape index (κ3) is 3.11. The van der Waals surface area contributed by atoms with Crippen LogP contribution in [0.3, 0.4) is 0 Å². The van der Waals surface area contributed by atoms with Gasteiger partial charge < -0.3 is 0 Å². The molecule has 0 saturated heterocycles. The van der Waals surface area contributed by atoms with Gasteiger partial charge >= 0.3 is 18.3 Å². The number of rotatable bonds is 4. The Labute approximate surface area is 134 Å². The molecule has 8 heteroatoms. The predicted octanol–water partition coefficient (Wildman–Crippen LogP) is 6.39. The quantitative estimate of drug-likeness (QED) is 0.544. The second-order valence-electron chi connectivity index (χ2n) is 6.51.